The van der Waals surface area contributed by atoms with Gasteiger partial charge in [-0.15, -0.1) is 0 Å². The molecule has 0 fully saturated rings. The molecule has 0 saturated carbocycles. The zero-order valence-corrected chi connectivity index (χ0v) is 20.0. The second-order valence-electron chi connectivity index (χ2n) is 9.77. The third-order valence-corrected chi connectivity index (χ3v) is 5.58. The summed E-state index contributed by atoms with van der Waals surface area (Å²) in [7, 11) is 5.86. The quantitative estimate of drug-likeness (QED) is 0.166. The molecule has 30 heavy (non-hydrogen) atoms. The van der Waals surface area contributed by atoms with Gasteiger partial charge in [-0.3, -0.25) is 0 Å². The normalized spacial score (nSPS) is 14.3. The average molecular weight is 428 g/mol. The maximum atomic E-state index is 11.3. The molecule has 0 bridgehead atoms. The molecule has 0 aliphatic heterocycles. The first-order chi connectivity index (χ1) is 14.3. The Balaban J connectivity index is 3.56. The maximum Gasteiger partial charge on any atom is 0.111 e. The van der Waals surface area contributed by atoms with Crippen LogP contribution in [0.15, 0.2) is 12.2 Å². The second-order valence-corrected chi connectivity index (χ2v) is 9.77. The van der Waals surface area contributed by atoms with Crippen LogP contribution in [0.5, 0.6) is 0 Å². The monoisotopic (exact) mass is 427 g/mol. The smallest absolute Gasteiger partial charge is 0.111 e. The minimum absolute atomic E-state index is 0.326. The summed E-state index contributed by atoms with van der Waals surface area (Å²) in [6.45, 7) is 0.754. The second kappa shape index (κ2) is 18.8. The molecule has 178 valence electrons. The first kappa shape index (κ1) is 29.1. The highest BCUT2D eigenvalue weighted by atomic mass is 16.4. The Bertz CT molecular complexity index is 431. The lowest BCUT2D eigenvalue weighted by Crippen LogP contribution is -2.48. The van der Waals surface area contributed by atoms with Gasteiger partial charge in [-0.25, -0.2) is 0 Å². The van der Waals surface area contributed by atoms with Crippen LogP contribution in [0.4, 0.5) is 0 Å². The predicted molar refractivity (Wildman–Crippen MR) is 123 cm³/mol. The van der Waals surface area contributed by atoms with Gasteiger partial charge in [0.25, 0.3) is 0 Å². The fourth-order valence-corrected chi connectivity index (χ4v) is 3.81. The lowest BCUT2D eigenvalue weighted by Gasteiger charge is -2.31. The van der Waals surface area contributed by atoms with Gasteiger partial charge in [-0.1, -0.05) is 69.9 Å². The Morgan fingerprint density at radius 3 is 1.67 bits per heavy atom. The Hall–Kier alpha value is -0.910. The number of rotatable bonds is 21. The van der Waals surface area contributed by atoms with Crippen molar-refractivity contribution in [3.63, 3.8) is 0 Å². The van der Waals surface area contributed by atoms with Crippen molar-refractivity contribution >= 4 is 5.97 Å². The molecule has 0 rings (SSSR count). The zero-order chi connectivity index (χ0) is 22.7. The Labute approximate surface area is 185 Å². The molecule has 0 aromatic heterocycles. The fraction of sp³-hybridized carbons (Fsp3) is 0.880. The van der Waals surface area contributed by atoms with E-state index in [4.69, 9.17) is 5.11 Å². The van der Waals surface area contributed by atoms with Crippen LogP contribution < -0.4 is 5.11 Å². The van der Waals surface area contributed by atoms with Crippen LogP contribution in [0.2, 0.25) is 0 Å². The summed E-state index contributed by atoms with van der Waals surface area (Å²) in [5.74, 6) is -1.88. The molecule has 5 heteroatoms. The molecule has 0 aliphatic rings. The SMILES string of the molecule is C[N+](C)(C)CC(O)C(CCCCCCCC/C=C\CCCCCCCCO)C(=O)[O-]. The van der Waals surface area contributed by atoms with E-state index in [1.54, 1.807) is 0 Å². The van der Waals surface area contributed by atoms with Gasteiger partial charge in [0, 0.05) is 18.5 Å². The van der Waals surface area contributed by atoms with E-state index < -0.39 is 18.0 Å². The molecule has 0 aliphatic carbocycles. The van der Waals surface area contributed by atoms with Crippen LogP contribution in [0.3, 0.4) is 0 Å². The summed E-state index contributed by atoms with van der Waals surface area (Å²) in [6.07, 6.45) is 20.5. The molecular formula is C25H49NO4. The Morgan fingerprint density at radius 2 is 1.23 bits per heavy atom. The molecule has 0 radical (unpaired) electrons. The number of hydrogen-bond donors (Lipinski definition) is 2. The summed E-state index contributed by atoms with van der Waals surface area (Å²) < 4.78 is 0.546. The number of unbranched alkanes of at least 4 members (excludes halogenated alkanes) is 12. The van der Waals surface area contributed by atoms with Gasteiger partial charge in [-0.2, -0.15) is 0 Å². The molecule has 2 unspecified atom stereocenters. The van der Waals surface area contributed by atoms with Crippen LogP contribution in [0.1, 0.15) is 96.3 Å². The molecule has 0 saturated heterocycles. The van der Waals surface area contributed by atoms with Crippen molar-refractivity contribution in [3.05, 3.63) is 12.2 Å². The van der Waals surface area contributed by atoms with Crippen LogP contribution in [0.25, 0.3) is 0 Å². The number of carboxylic acid groups (broad SMARTS) is 1. The van der Waals surface area contributed by atoms with E-state index in [-0.39, 0.29) is 0 Å². The van der Waals surface area contributed by atoms with Gasteiger partial charge < -0.3 is 24.6 Å². The Kier molecular flexibility index (Phi) is 18.3. The van der Waals surface area contributed by atoms with Crippen LogP contribution >= 0.6 is 0 Å². The highest BCUT2D eigenvalue weighted by Gasteiger charge is 2.25. The van der Waals surface area contributed by atoms with Crippen molar-refractivity contribution < 1.29 is 24.6 Å². The molecule has 0 amide bonds. The number of aliphatic hydroxyl groups excluding tert-OH is 2. The van der Waals surface area contributed by atoms with E-state index in [1.807, 2.05) is 21.1 Å². The molecule has 0 spiro atoms. The van der Waals surface area contributed by atoms with Gasteiger partial charge >= 0.3 is 0 Å². The number of carbonyl (C=O) groups is 1. The fourth-order valence-electron chi connectivity index (χ4n) is 3.81. The third kappa shape index (κ3) is 19.1. The van der Waals surface area contributed by atoms with Crippen molar-refractivity contribution in [2.75, 3.05) is 34.3 Å². The molecule has 5 nitrogen and oxygen atoms in total. The van der Waals surface area contributed by atoms with Gasteiger partial charge in [-0.05, 0) is 38.5 Å². The van der Waals surface area contributed by atoms with Crippen molar-refractivity contribution in [1.82, 2.24) is 0 Å². The lowest BCUT2D eigenvalue weighted by atomic mass is 9.94. The van der Waals surface area contributed by atoms with Crippen molar-refractivity contribution in [2.24, 2.45) is 5.92 Å². The number of likely N-dealkylation sites (N-methyl/N-ethyl adjacent to an activating group) is 1. The summed E-state index contributed by atoms with van der Waals surface area (Å²) in [4.78, 5) is 11.3. The van der Waals surface area contributed by atoms with E-state index in [2.05, 4.69) is 12.2 Å². The van der Waals surface area contributed by atoms with E-state index in [0.29, 0.717) is 24.1 Å². The number of allylic oxidation sites excluding steroid dienone is 2. The number of carbonyl (C=O) groups excluding carboxylic acids is 1. The van der Waals surface area contributed by atoms with E-state index in [0.717, 1.165) is 38.5 Å². The topological polar surface area (TPSA) is 80.6 Å². The molecule has 2 N–H and O–H groups in total. The molecule has 0 heterocycles. The van der Waals surface area contributed by atoms with Crippen LogP contribution in [0, 0.1) is 5.92 Å². The van der Waals surface area contributed by atoms with E-state index in [9.17, 15) is 15.0 Å². The summed E-state index contributed by atoms with van der Waals surface area (Å²) >= 11 is 0. The Morgan fingerprint density at radius 1 is 0.800 bits per heavy atom. The molecule has 0 aromatic rings. The van der Waals surface area contributed by atoms with Crippen molar-refractivity contribution in [1.29, 1.82) is 0 Å². The molecule has 0 aromatic carbocycles. The van der Waals surface area contributed by atoms with Crippen molar-refractivity contribution in [2.45, 2.75) is 102 Å². The zero-order valence-electron chi connectivity index (χ0n) is 20.0. The van der Waals surface area contributed by atoms with Gasteiger partial charge in [0.2, 0.25) is 0 Å². The summed E-state index contributed by atoms with van der Waals surface area (Å²) in [6, 6.07) is 0. The number of quaternary nitrogens is 1. The first-order valence-electron chi connectivity index (χ1n) is 12.2. The number of nitrogens with zero attached hydrogens (tertiary/aromatic N) is 1. The number of carboxylic acids is 1. The largest absolute Gasteiger partial charge is 0.550 e. The lowest BCUT2D eigenvalue weighted by molar-refractivity contribution is -0.874. The third-order valence-electron chi connectivity index (χ3n) is 5.58. The van der Waals surface area contributed by atoms with Gasteiger partial charge in [0.15, 0.2) is 0 Å². The molecular weight excluding hydrogens is 378 g/mol. The predicted octanol–water partition coefficient (Wildman–Crippen LogP) is 3.82. The maximum absolute atomic E-state index is 11.3. The highest BCUT2D eigenvalue weighted by Crippen LogP contribution is 2.17. The van der Waals surface area contributed by atoms with Crippen LogP contribution in [-0.4, -0.2) is 61.1 Å². The summed E-state index contributed by atoms with van der Waals surface area (Å²) in [5, 5.41) is 30.3. The number of aliphatic hydroxyl groups is 2. The first-order valence-corrected chi connectivity index (χ1v) is 12.2. The number of aliphatic carboxylic acids is 1. The number of hydrogen-bond acceptors (Lipinski definition) is 4. The van der Waals surface area contributed by atoms with Gasteiger partial charge in [0.1, 0.15) is 12.6 Å². The van der Waals surface area contributed by atoms with Gasteiger partial charge in [0.05, 0.1) is 21.1 Å². The van der Waals surface area contributed by atoms with E-state index >= 15 is 0 Å². The van der Waals surface area contributed by atoms with Crippen molar-refractivity contribution in [3.8, 4) is 0 Å². The van der Waals surface area contributed by atoms with Crippen LogP contribution in [-0.2, 0) is 4.79 Å². The minimum atomic E-state index is -1.12. The highest BCUT2D eigenvalue weighted by molar-refractivity contribution is 5.68. The average Bonchev–Trinajstić information content (AvgIpc) is 2.65. The standard InChI is InChI=1S/C25H49NO4/c1-26(2,3)22-24(28)23(25(29)30)20-18-16-14-12-10-8-6-4-5-7-9-11-13-15-17-19-21-27/h4-5,23-24,27-28H,6-22H2,1-3H3/b5-4-. The minimum Gasteiger partial charge on any atom is -0.550 e. The summed E-state index contributed by atoms with van der Waals surface area (Å²) in [5.41, 5.74) is 0. The van der Waals surface area contributed by atoms with E-state index in [1.165, 1.54) is 51.4 Å². The molecule has 2 atom stereocenters.